The van der Waals surface area contributed by atoms with Crippen LogP contribution in [0.5, 0.6) is 5.88 Å². The van der Waals surface area contributed by atoms with Crippen molar-refractivity contribution >= 4 is 11.6 Å². The van der Waals surface area contributed by atoms with Gasteiger partial charge in [-0.3, -0.25) is 0 Å². The third-order valence-corrected chi connectivity index (χ3v) is 2.03. The van der Waals surface area contributed by atoms with Crippen LogP contribution in [0.3, 0.4) is 0 Å². The van der Waals surface area contributed by atoms with Gasteiger partial charge in [0.1, 0.15) is 11.8 Å². The molecule has 2 N–H and O–H groups in total. The largest absolute Gasteiger partial charge is 0.476 e. The monoisotopic (exact) mass is 184 g/mol. The second-order valence-corrected chi connectivity index (χ2v) is 3.26. The lowest BCUT2D eigenvalue weighted by Gasteiger charge is -2.20. The Balaban J connectivity index is 2.37. The lowest BCUT2D eigenvalue weighted by molar-refractivity contribution is 0.253. The molecule has 2 rings (SSSR count). The van der Waals surface area contributed by atoms with Gasteiger partial charge >= 0.3 is 0 Å². The first-order valence-electron chi connectivity index (χ1n) is 3.79. The van der Waals surface area contributed by atoms with Crippen molar-refractivity contribution in [1.82, 2.24) is 4.98 Å². The summed E-state index contributed by atoms with van der Waals surface area (Å²) in [4.78, 5) is 4.04. The summed E-state index contributed by atoms with van der Waals surface area (Å²) in [7, 11) is 0. The molecule has 1 aromatic rings. The van der Waals surface area contributed by atoms with E-state index in [4.69, 9.17) is 22.1 Å². The Morgan fingerprint density at radius 2 is 2.42 bits per heavy atom. The minimum absolute atomic E-state index is 0.0838. The van der Waals surface area contributed by atoms with E-state index in [0.29, 0.717) is 17.6 Å². The number of aromatic nitrogens is 1. The number of pyridine rings is 1. The first-order valence-corrected chi connectivity index (χ1v) is 4.17. The molecule has 4 heteroatoms. The van der Waals surface area contributed by atoms with E-state index in [0.717, 1.165) is 12.0 Å². The molecule has 2 heterocycles. The second-order valence-electron chi connectivity index (χ2n) is 2.87. The van der Waals surface area contributed by atoms with Crippen LogP contribution in [0, 0.1) is 0 Å². The van der Waals surface area contributed by atoms with E-state index in [1.165, 1.54) is 0 Å². The molecule has 1 aromatic heterocycles. The highest BCUT2D eigenvalue weighted by molar-refractivity contribution is 6.29. The fraction of sp³-hybridized carbons (Fsp3) is 0.375. The van der Waals surface area contributed by atoms with Crippen molar-refractivity contribution in [3.8, 4) is 5.88 Å². The van der Waals surface area contributed by atoms with E-state index in [-0.39, 0.29) is 6.04 Å². The first-order chi connectivity index (χ1) is 5.75. The molecule has 0 aromatic carbocycles. The Hall–Kier alpha value is -0.800. The number of hydrogen-bond donors (Lipinski definition) is 1. The Kier molecular flexibility index (Phi) is 1.90. The summed E-state index contributed by atoms with van der Waals surface area (Å²) in [5.74, 6) is 0.629. The molecule has 1 aliphatic rings. The molecule has 1 aliphatic heterocycles. The maximum Gasteiger partial charge on any atom is 0.218 e. The van der Waals surface area contributed by atoms with E-state index in [2.05, 4.69) is 4.98 Å². The number of rotatable bonds is 0. The third-order valence-electron chi connectivity index (χ3n) is 1.82. The number of halogens is 1. The van der Waals surface area contributed by atoms with E-state index < -0.39 is 0 Å². The van der Waals surface area contributed by atoms with Gasteiger partial charge in [0.25, 0.3) is 0 Å². The fourth-order valence-electron chi connectivity index (χ4n) is 1.25. The average molecular weight is 185 g/mol. The highest BCUT2D eigenvalue weighted by atomic mass is 35.5. The Morgan fingerprint density at radius 1 is 1.58 bits per heavy atom. The maximum atomic E-state index is 5.70. The van der Waals surface area contributed by atoms with Crippen molar-refractivity contribution in [3.05, 3.63) is 22.8 Å². The third kappa shape index (κ3) is 1.38. The number of ether oxygens (including phenoxy) is 1. The van der Waals surface area contributed by atoms with Crippen molar-refractivity contribution in [2.75, 3.05) is 6.61 Å². The fourth-order valence-corrected chi connectivity index (χ4v) is 1.39. The molecule has 0 radical (unpaired) electrons. The van der Waals surface area contributed by atoms with Crippen LogP contribution in [0.2, 0.25) is 5.15 Å². The van der Waals surface area contributed by atoms with Crippen LogP contribution in [0.1, 0.15) is 5.56 Å². The van der Waals surface area contributed by atoms with Crippen molar-refractivity contribution in [2.24, 2.45) is 5.73 Å². The normalized spacial score (nSPS) is 21.3. The lowest BCUT2D eigenvalue weighted by Crippen LogP contribution is -2.34. The number of fused-ring (bicyclic) bond motifs is 1. The molecular weight excluding hydrogens is 176 g/mol. The standard InChI is InChI=1S/C8H9ClN2O/c9-7-2-1-5-3-6(10)4-12-8(5)11-7/h1-2,6H,3-4,10H2/t6-/m1/s1. The number of nitrogens with zero attached hydrogens (tertiary/aromatic N) is 1. The van der Waals surface area contributed by atoms with Gasteiger partial charge in [-0.25, -0.2) is 4.98 Å². The summed E-state index contributed by atoms with van der Waals surface area (Å²) in [6, 6.07) is 3.74. The van der Waals surface area contributed by atoms with E-state index in [9.17, 15) is 0 Å². The Morgan fingerprint density at radius 3 is 3.25 bits per heavy atom. The molecular formula is C8H9ClN2O. The van der Waals surface area contributed by atoms with Gasteiger partial charge in [0.15, 0.2) is 0 Å². The van der Waals surface area contributed by atoms with Crippen LogP contribution in [0.4, 0.5) is 0 Å². The van der Waals surface area contributed by atoms with Crippen LogP contribution in [0.25, 0.3) is 0 Å². The molecule has 0 bridgehead atoms. The van der Waals surface area contributed by atoms with Gasteiger partial charge < -0.3 is 10.5 Å². The zero-order valence-electron chi connectivity index (χ0n) is 6.46. The van der Waals surface area contributed by atoms with Gasteiger partial charge in [0.2, 0.25) is 5.88 Å². The minimum atomic E-state index is 0.0838. The molecule has 0 spiro atoms. The molecule has 0 amide bonds. The molecule has 3 nitrogen and oxygen atoms in total. The first kappa shape index (κ1) is 7.83. The van der Waals surface area contributed by atoms with Crippen molar-refractivity contribution in [1.29, 1.82) is 0 Å². The molecule has 0 unspecified atom stereocenters. The maximum absolute atomic E-state index is 5.70. The lowest BCUT2D eigenvalue weighted by atomic mass is 10.1. The molecule has 12 heavy (non-hydrogen) atoms. The highest BCUT2D eigenvalue weighted by Crippen LogP contribution is 2.23. The van der Waals surface area contributed by atoms with Gasteiger partial charge in [0, 0.05) is 11.6 Å². The minimum Gasteiger partial charge on any atom is -0.476 e. The van der Waals surface area contributed by atoms with Crippen LogP contribution in [-0.2, 0) is 6.42 Å². The predicted molar refractivity (Wildman–Crippen MR) is 46.4 cm³/mol. The van der Waals surface area contributed by atoms with E-state index in [1.54, 1.807) is 6.07 Å². The molecule has 0 aliphatic carbocycles. The number of nitrogens with two attached hydrogens (primary N) is 1. The van der Waals surface area contributed by atoms with Gasteiger partial charge in [-0.15, -0.1) is 0 Å². The van der Waals surface area contributed by atoms with E-state index >= 15 is 0 Å². The van der Waals surface area contributed by atoms with Crippen LogP contribution in [-0.4, -0.2) is 17.6 Å². The molecule has 0 saturated heterocycles. The Labute approximate surface area is 75.5 Å². The van der Waals surface area contributed by atoms with Gasteiger partial charge in [0.05, 0.1) is 0 Å². The predicted octanol–water partition coefficient (Wildman–Crippen LogP) is 0.997. The number of hydrogen-bond acceptors (Lipinski definition) is 3. The highest BCUT2D eigenvalue weighted by Gasteiger charge is 2.17. The van der Waals surface area contributed by atoms with Crippen LogP contribution >= 0.6 is 11.6 Å². The molecule has 0 fully saturated rings. The SMILES string of the molecule is N[C@H]1COc2nc(Cl)ccc2C1. The summed E-state index contributed by atoms with van der Waals surface area (Å²) >= 11 is 5.69. The quantitative estimate of drug-likeness (QED) is 0.612. The van der Waals surface area contributed by atoms with Crippen LogP contribution < -0.4 is 10.5 Å². The smallest absolute Gasteiger partial charge is 0.218 e. The topological polar surface area (TPSA) is 48.1 Å². The van der Waals surface area contributed by atoms with E-state index in [1.807, 2.05) is 6.07 Å². The molecule has 64 valence electrons. The van der Waals surface area contributed by atoms with Gasteiger partial charge in [-0.05, 0) is 12.5 Å². The zero-order chi connectivity index (χ0) is 8.55. The second kappa shape index (κ2) is 2.92. The summed E-state index contributed by atoms with van der Waals surface area (Å²) < 4.78 is 5.30. The van der Waals surface area contributed by atoms with Crippen molar-refractivity contribution in [3.63, 3.8) is 0 Å². The summed E-state index contributed by atoms with van der Waals surface area (Å²) in [6.07, 6.45) is 0.819. The van der Waals surface area contributed by atoms with Gasteiger partial charge in [-0.2, -0.15) is 0 Å². The Bertz CT molecular complexity index is 303. The van der Waals surface area contributed by atoms with Crippen molar-refractivity contribution < 1.29 is 4.74 Å². The van der Waals surface area contributed by atoms with Gasteiger partial charge in [-0.1, -0.05) is 17.7 Å². The average Bonchev–Trinajstić information content (AvgIpc) is 2.05. The van der Waals surface area contributed by atoms with Crippen LogP contribution in [0.15, 0.2) is 12.1 Å². The summed E-state index contributed by atoms with van der Waals surface area (Å²) in [5.41, 5.74) is 6.74. The zero-order valence-corrected chi connectivity index (χ0v) is 7.21. The summed E-state index contributed by atoms with van der Waals surface area (Å²) in [6.45, 7) is 0.528. The molecule has 1 atom stereocenters. The molecule has 0 saturated carbocycles. The summed E-state index contributed by atoms with van der Waals surface area (Å²) in [5, 5.41) is 0.462. The van der Waals surface area contributed by atoms with Crippen molar-refractivity contribution in [2.45, 2.75) is 12.5 Å².